The summed E-state index contributed by atoms with van der Waals surface area (Å²) in [5, 5.41) is 8.74. The fourth-order valence-electron chi connectivity index (χ4n) is 1.27. The topological polar surface area (TPSA) is 140 Å². The van der Waals surface area contributed by atoms with E-state index in [-0.39, 0.29) is 18.3 Å². The van der Waals surface area contributed by atoms with Gasteiger partial charge >= 0.3 is 5.97 Å². The molecule has 0 fully saturated rings. The number of aliphatic carboxylic acids is 1. The number of nitrogens with zero attached hydrogens (tertiary/aromatic N) is 2. The maximum absolute atomic E-state index is 10.7. The van der Waals surface area contributed by atoms with Gasteiger partial charge in [0.1, 0.15) is 0 Å². The number of nitrogens with two attached hydrogens (primary N) is 3. The smallest absolute Gasteiger partial charge is 0.307 e. The van der Waals surface area contributed by atoms with Gasteiger partial charge in [-0.25, -0.2) is 4.99 Å². The Morgan fingerprint density at radius 1 is 1.21 bits per heavy atom. The van der Waals surface area contributed by atoms with E-state index in [0.29, 0.717) is 20.2 Å². The molecule has 7 N–H and O–H groups in total. The van der Waals surface area contributed by atoms with E-state index >= 15 is 0 Å². The Kier molecular flexibility index (Phi) is 5.31. The minimum Gasteiger partial charge on any atom is -0.481 e. The van der Waals surface area contributed by atoms with Crippen LogP contribution in [-0.4, -0.2) is 23.0 Å². The summed E-state index contributed by atoms with van der Waals surface area (Å²) in [6, 6.07) is 3.28. The van der Waals surface area contributed by atoms with Crippen LogP contribution in [0, 0.1) is 0 Å². The molecule has 0 spiro atoms. The SMILES string of the molecule is NC(N)=NC(N)=Nc1c(Br)cc(CC(=O)O)cc1Br. The molecule has 1 aromatic rings. The predicted octanol–water partition coefficient (Wildman–Crippen LogP) is 1.06. The molecule has 0 saturated heterocycles. The molecule has 9 heteroatoms. The Hall–Kier alpha value is -1.61. The first-order valence-electron chi connectivity index (χ1n) is 4.93. The number of carboxylic acid groups (broad SMARTS) is 1. The number of hydrogen-bond acceptors (Lipinski definition) is 2. The molecule has 0 bridgehead atoms. The summed E-state index contributed by atoms with van der Waals surface area (Å²) < 4.78 is 1.15. The lowest BCUT2D eigenvalue weighted by atomic mass is 10.1. The van der Waals surface area contributed by atoms with Gasteiger partial charge in [0.25, 0.3) is 0 Å². The van der Waals surface area contributed by atoms with Crippen LogP contribution in [0.4, 0.5) is 5.69 Å². The highest BCUT2D eigenvalue weighted by atomic mass is 79.9. The first-order valence-corrected chi connectivity index (χ1v) is 6.51. The Bertz CT molecular complexity index is 544. The summed E-state index contributed by atoms with van der Waals surface area (Å²) in [5.74, 6) is -1.22. The molecule has 0 amide bonds. The Morgan fingerprint density at radius 3 is 2.16 bits per heavy atom. The second-order valence-electron chi connectivity index (χ2n) is 3.49. The van der Waals surface area contributed by atoms with Gasteiger partial charge in [0.05, 0.1) is 12.1 Å². The molecule has 0 radical (unpaired) electrons. The number of hydrogen-bond donors (Lipinski definition) is 4. The fraction of sp³-hybridized carbons (Fsp3) is 0.100. The van der Waals surface area contributed by atoms with E-state index in [0.717, 1.165) is 0 Å². The molecule has 1 rings (SSSR count). The molecule has 0 aromatic heterocycles. The van der Waals surface area contributed by atoms with E-state index in [2.05, 4.69) is 41.8 Å². The van der Waals surface area contributed by atoms with Crippen LogP contribution in [0.2, 0.25) is 0 Å². The van der Waals surface area contributed by atoms with E-state index in [1.54, 1.807) is 12.1 Å². The van der Waals surface area contributed by atoms with Crippen LogP contribution >= 0.6 is 31.9 Å². The monoisotopic (exact) mass is 391 g/mol. The fourth-order valence-corrected chi connectivity index (χ4v) is 2.73. The molecule has 0 aliphatic heterocycles. The molecule has 7 nitrogen and oxygen atoms in total. The van der Waals surface area contributed by atoms with Crippen LogP contribution in [0.1, 0.15) is 5.56 Å². The third-order valence-corrected chi connectivity index (χ3v) is 3.11. The van der Waals surface area contributed by atoms with Gasteiger partial charge in [-0.15, -0.1) is 0 Å². The van der Waals surface area contributed by atoms with Crippen molar-refractivity contribution in [3.8, 4) is 0 Å². The number of carbonyl (C=O) groups is 1. The Morgan fingerprint density at radius 2 is 1.74 bits per heavy atom. The highest BCUT2D eigenvalue weighted by Crippen LogP contribution is 2.35. The molecule has 0 saturated carbocycles. The van der Waals surface area contributed by atoms with E-state index < -0.39 is 5.97 Å². The molecule has 102 valence electrons. The van der Waals surface area contributed by atoms with Crippen molar-refractivity contribution in [2.24, 2.45) is 27.2 Å². The van der Waals surface area contributed by atoms with Crippen LogP contribution < -0.4 is 17.2 Å². The third-order valence-electron chi connectivity index (χ3n) is 1.90. The second-order valence-corrected chi connectivity index (χ2v) is 5.19. The highest BCUT2D eigenvalue weighted by molar-refractivity contribution is 9.11. The molecule has 0 aliphatic carbocycles. The van der Waals surface area contributed by atoms with E-state index in [4.69, 9.17) is 22.3 Å². The lowest BCUT2D eigenvalue weighted by Crippen LogP contribution is -2.26. The van der Waals surface area contributed by atoms with Gasteiger partial charge in [-0.05, 0) is 49.6 Å². The molecule has 1 aromatic carbocycles. The van der Waals surface area contributed by atoms with Crippen LogP contribution in [0.25, 0.3) is 0 Å². The zero-order chi connectivity index (χ0) is 14.6. The van der Waals surface area contributed by atoms with Crippen LogP contribution in [-0.2, 0) is 11.2 Å². The summed E-state index contributed by atoms with van der Waals surface area (Å²) in [7, 11) is 0. The summed E-state index contributed by atoms with van der Waals surface area (Å²) in [6.45, 7) is 0. The number of carboxylic acids is 1. The normalized spacial score (nSPS) is 11.2. The lowest BCUT2D eigenvalue weighted by molar-refractivity contribution is -0.136. The van der Waals surface area contributed by atoms with Crippen LogP contribution in [0.5, 0.6) is 0 Å². The van der Waals surface area contributed by atoms with Crippen molar-refractivity contribution >= 4 is 55.4 Å². The van der Waals surface area contributed by atoms with Crippen molar-refractivity contribution in [3.05, 3.63) is 26.6 Å². The van der Waals surface area contributed by atoms with Crippen molar-refractivity contribution in [1.29, 1.82) is 0 Å². The first-order chi connectivity index (χ1) is 8.79. The largest absolute Gasteiger partial charge is 0.481 e. The zero-order valence-corrected chi connectivity index (χ0v) is 12.8. The van der Waals surface area contributed by atoms with Gasteiger partial charge < -0.3 is 22.3 Å². The number of guanidine groups is 2. The van der Waals surface area contributed by atoms with Crippen LogP contribution in [0.15, 0.2) is 31.1 Å². The standard InChI is InChI=1S/C10H11Br2N5O2/c11-5-1-4(3-7(18)19)2-6(12)8(5)16-10(15)17-9(13)14/h1-2H,3H2,(H,18,19)(H6,13,14,15,16,17). The van der Waals surface area contributed by atoms with Gasteiger partial charge in [0.2, 0.25) is 5.96 Å². The number of halogens is 2. The average molecular weight is 393 g/mol. The molecular formula is C10H11Br2N5O2. The molecular weight excluding hydrogens is 382 g/mol. The second kappa shape index (κ2) is 6.53. The summed E-state index contributed by atoms with van der Waals surface area (Å²) in [6.07, 6.45) is -0.0927. The molecule has 0 heterocycles. The average Bonchev–Trinajstić information content (AvgIpc) is 2.21. The molecule has 19 heavy (non-hydrogen) atoms. The third kappa shape index (κ3) is 4.87. The van der Waals surface area contributed by atoms with Crippen molar-refractivity contribution in [2.75, 3.05) is 0 Å². The Labute approximate surface area is 125 Å². The summed E-state index contributed by atoms with van der Waals surface area (Å²) >= 11 is 6.57. The zero-order valence-electron chi connectivity index (χ0n) is 9.60. The van der Waals surface area contributed by atoms with Crippen molar-refractivity contribution in [3.63, 3.8) is 0 Å². The van der Waals surface area contributed by atoms with Gasteiger partial charge in [-0.3, -0.25) is 4.79 Å². The first kappa shape index (κ1) is 15.4. The van der Waals surface area contributed by atoms with Gasteiger partial charge in [-0.1, -0.05) is 0 Å². The van der Waals surface area contributed by atoms with Gasteiger partial charge in [0.15, 0.2) is 5.96 Å². The molecule has 0 aliphatic rings. The van der Waals surface area contributed by atoms with E-state index in [1.807, 2.05) is 0 Å². The molecule has 0 unspecified atom stereocenters. The minimum absolute atomic E-state index is 0.0927. The van der Waals surface area contributed by atoms with Crippen molar-refractivity contribution < 1.29 is 9.90 Å². The van der Waals surface area contributed by atoms with Crippen molar-refractivity contribution in [2.45, 2.75) is 6.42 Å². The number of benzene rings is 1. The minimum atomic E-state index is -0.921. The Balaban J connectivity index is 3.17. The maximum atomic E-state index is 10.7. The van der Waals surface area contributed by atoms with Gasteiger partial charge in [-0.2, -0.15) is 4.99 Å². The molecule has 0 atom stereocenters. The number of rotatable bonds is 3. The lowest BCUT2D eigenvalue weighted by Gasteiger charge is -2.06. The van der Waals surface area contributed by atoms with E-state index in [1.165, 1.54) is 0 Å². The highest BCUT2D eigenvalue weighted by Gasteiger charge is 2.09. The summed E-state index contributed by atoms with van der Waals surface area (Å²) in [4.78, 5) is 18.3. The number of aliphatic imine (C=N–C) groups is 2. The van der Waals surface area contributed by atoms with Crippen molar-refractivity contribution in [1.82, 2.24) is 0 Å². The summed E-state index contributed by atoms with van der Waals surface area (Å²) in [5.41, 5.74) is 17.0. The predicted molar refractivity (Wildman–Crippen MR) is 80.3 cm³/mol. The van der Waals surface area contributed by atoms with Gasteiger partial charge in [0, 0.05) is 8.95 Å². The van der Waals surface area contributed by atoms with Crippen LogP contribution in [0.3, 0.4) is 0 Å². The maximum Gasteiger partial charge on any atom is 0.307 e. The van der Waals surface area contributed by atoms with E-state index in [9.17, 15) is 4.79 Å². The quantitative estimate of drug-likeness (QED) is 0.449.